The summed E-state index contributed by atoms with van der Waals surface area (Å²) in [5.74, 6) is -0.294. The Kier molecular flexibility index (Phi) is 6.00. The maximum absolute atomic E-state index is 12.5. The summed E-state index contributed by atoms with van der Waals surface area (Å²) in [4.78, 5) is 12.5. The van der Waals surface area contributed by atoms with E-state index in [1.54, 1.807) is 30.0 Å². The molecule has 0 spiro atoms. The quantitative estimate of drug-likeness (QED) is 0.737. The summed E-state index contributed by atoms with van der Waals surface area (Å²) >= 11 is 6.30. The summed E-state index contributed by atoms with van der Waals surface area (Å²) in [5, 5.41) is 8.92. The molecule has 0 saturated heterocycles. The molecule has 1 aliphatic rings. The van der Waals surface area contributed by atoms with E-state index in [-0.39, 0.29) is 5.91 Å². The highest BCUT2D eigenvalue weighted by Crippen LogP contribution is 2.27. The lowest BCUT2D eigenvalue weighted by molar-refractivity contribution is -0.440. The van der Waals surface area contributed by atoms with E-state index in [2.05, 4.69) is 10.4 Å². The first-order chi connectivity index (χ1) is 13.7. The van der Waals surface area contributed by atoms with E-state index in [4.69, 9.17) is 11.6 Å². The van der Waals surface area contributed by atoms with Crippen molar-refractivity contribution in [3.63, 3.8) is 0 Å². The number of benzene rings is 2. The number of hydrazone groups is 1. The minimum Gasteiger partial charge on any atom is -0.346 e. The molecule has 1 N–H and O–H groups in total. The maximum Gasteiger partial charge on any atom is 0.251 e. The Hall–Kier alpha value is -2.77. The van der Waals surface area contributed by atoms with Crippen LogP contribution >= 0.6 is 11.6 Å². The van der Waals surface area contributed by atoms with Crippen LogP contribution in [-0.4, -0.2) is 43.2 Å². The van der Waals surface area contributed by atoms with Crippen LogP contribution in [0.4, 0.5) is 5.69 Å². The number of nitrogens with one attached hydrogen (secondary N) is 1. The molecule has 8 heteroatoms. The van der Waals surface area contributed by atoms with Crippen molar-refractivity contribution < 1.29 is 17.9 Å². The minimum atomic E-state index is -3.23. The van der Waals surface area contributed by atoms with Gasteiger partial charge in [0.25, 0.3) is 5.91 Å². The van der Waals surface area contributed by atoms with Crippen LogP contribution in [0, 0.1) is 0 Å². The fourth-order valence-corrected chi connectivity index (χ4v) is 3.70. The smallest absolute Gasteiger partial charge is 0.251 e. The summed E-state index contributed by atoms with van der Waals surface area (Å²) < 4.78 is 24.2. The lowest BCUT2D eigenvalue weighted by atomic mass is 10.1. The number of sulfone groups is 1. The van der Waals surface area contributed by atoms with Gasteiger partial charge in [-0.25, -0.2) is 8.42 Å². The van der Waals surface area contributed by atoms with Crippen molar-refractivity contribution in [3.05, 3.63) is 75.7 Å². The molecule has 1 amide bonds. The zero-order chi connectivity index (χ0) is 21.2. The molecular formula is C21H21ClN3O3S+. The van der Waals surface area contributed by atoms with Crippen LogP contribution in [0.1, 0.15) is 35.3 Å². The Balaban J connectivity index is 1.84. The van der Waals surface area contributed by atoms with Gasteiger partial charge in [0, 0.05) is 36.3 Å². The molecule has 0 saturated carbocycles. The lowest BCUT2D eigenvalue weighted by Crippen LogP contribution is -2.31. The van der Waals surface area contributed by atoms with Crippen LogP contribution in [0.25, 0.3) is 0 Å². The van der Waals surface area contributed by atoms with E-state index in [1.165, 1.54) is 6.08 Å². The number of fused-ring (bicyclic) bond motifs is 1. The van der Waals surface area contributed by atoms with E-state index in [0.29, 0.717) is 10.6 Å². The molecule has 6 nitrogen and oxygen atoms in total. The molecule has 0 aromatic heterocycles. The van der Waals surface area contributed by atoms with Gasteiger partial charge in [-0.3, -0.25) is 4.79 Å². The summed E-state index contributed by atoms with van der Waals surface area (Å²) in [6.07, 6.45) is 4.23. The molecule has 3 rings (SSSR count). The Morgan fingerprint density at radius 3 is 2.66 bits per heavy atom. The zero-order valence-corrected chi connectivity index (χ0v) is 17.8. The number of hydrogen-bond acceptors (Lipinski definition) is 4. The second kappa shape index (κ2) is 8.31. The van der Waals surface area contributed by atoms with Gasteiger partial charge < -0.3 is 5.32 Å². The largest absolute Gasteiger partial charge is 0.346 e. The lowest BCUT2D eigenvalue weighted by Gasteiger charge is -2.09. The molecule has 2 aromatic rings. The number of amides is 1. The van der Waals surface area contributed by atoms with Gasteiger partial charge in [0.1, 0.15) is 6.21 Å². The first kappa shape index (κ1) is 21.0. The van der Waals surface area contributed by atoms with Gasteiger partial charge in [-0.1, -0.05) is 29.8 Å². The third-order valence-electron chi connectivity index (χ3n) is 4.38. The van der Waals surface area contributed by atoms with Crippen LogP contribution in [0.2, 0.25) is 5.02 Å². The maximum atomic E-state index is 12.5. The Labute approximate surface area is 175 Å². The number of rotatable bonds is 5. The minimum absolute atomic E-state index is 0.294. The Morgan fingerprint density at radius 2 is 1.97 bits per heavy atom. The summed E-state index contributed by atoms with van der Waals surface area (Å²) in [7, 11) is -3.23. The number of hydrogen-bond donors (Lipinski definition) is 1. The van der Waals surface area contributed by atoms with E-state index in [1.807, 2.05) is 37.3 Å². The van der Waals surface area contributed by atoms with Gasteiger partial charge >= 0.3 is 0 Å². The average Bonchev–Trinajstić information content (AvgIpc) is 3.09. The number of halogens is 1. The van der Waals surface area contributed by atoms with Gasteiger partial charge in [-0.15, -0.1) is 0 Å². The molecule has 0 radical (unpaired) electrons. The second-order valence-corrected chi connectivity index (χ2v) is 9.15. The molecule has 1 heterocycles. The topological polar surface area (TPSA) is 78.6 Å². The SMILES string of the molecule is C/C(c1ccccc1Cl)=[N+]1\N=Cc2cc(C(=O)N[C@H](C)/C=C/S(C)(=O)=O)ccc21. The number of nitrogens with zero attached hydrogens (tertiary/aromatic N) is 2. The van der Waals surface area contributed by atoms with E-state index < -0.39 is 15.9 Å². The summed E-state index contributed by atoms with van der Waals surface area (Å²) in [5.41, 5.74) is 3.88. The van der Waals surface area contributed by atoms with Crippen molar-refractivity contribution >= 4 is 45.0 Å². The van der Waals surface area contributed by atoms with Crippen molar-refractivity contribution in [2.24, 2.45) is 5.10 Å². The molecule has 2 aromatic carbocycles. The van der Waals surface area contributed by atoms with Crippen molar-refractivity contribution in [1.82, 2.24) is 5.32 Å². The predicted molar refractivity (Wildman–Crippen MR) is 116 cm³/mol. The highest BCUT2D eigenvalue weighted by atomic mass is 35.5. The van der Waals surface area contributed by atoms with Crippen molar-refractivity contribution in [2.45, 2.75) is 19.9 Å². The second-order valence-electron chi connectivity index (χ2n) is 6.82. The molecule has 29 heavy (non-hydrogen) atoms. The monoisotopic (exact) mass is 430 g/mol. The van der Waals surface area contributed by atoms with Crippen LogP contribution in [0.5, 0.6) is 0 Å². The number of carbonyl (C=O) groups is 1. The van der Waals surface area contributed by atoms with E-state index in [9.17, 15) is 13.2 Å². The highest BCUT2D eigenvalue weighted by Gasteiger charge is 2.26. The summed E-state index contributed by atoms with van der Waals surface area (Å²) in [6, 6.07) is 12.4. The van der Waals surface area contributed by atoms with Crippen LogP contribution in [0.15, 0.2) is 59.1 Å². The summed E-state index contributed by atoms with van der Waals surface area (Å²) in [6.45, 7) is 3.64. The van der Waals surface area contributed by atoms with Crippen LogP contribution in [-0.2, 0) is 9.84 Å². The van der Waals surface area contributed by atoms with Crippen LogP contribution < -0.4 is 5.32 Å². The van der Waals surface area contributed by atoms with Gasteiger partial charge in [-0.05, 0) is 41.0 Å². The van der Waals surface area contributed by atoms with E-state index >= 15 is 0 Å². The molecule has 0 fully saturated rings. The fourth-order valence-electron chi connectivity index (χ4n) is 2.91. The normalized spacial score (nSPS) is 16.0. The first-order valence-electron chi connectivity index (χ1n) is 8.91. The molecule has 0 unspecified atom stereocenters. The van der Waals surface area contributed by atoms with Gasteiger partial charge in [-0.2, -0.15) is 0 Å². The third kappa shape index (κ3) is 4.99. The Bertz CT molecular complexity index is 1170. The molecular weight excluding hydrogens is 410 g/mol. The molecule has 1 atom stereocenters. The third-order valence-corrected chi connectivity index (χ3v) is 5.37. The van der Waals surface area contributed by atoms with Crippen molar-refractivity contribution in [1.29, 1.82) is 0 Å². The highest BCUT2D eigenvalue weighted by molar-refractivity contribution is 7.93. The Morgan fingerprint density at radius 1 is 1.24 bits per heavy atom. The first-order valence-corrected chi connectivity index (χ1v) is 11.2. The van der Waals surface area contributed by atoms with Gasteiger partial charge in [0.15, 0.2) is 9.84 Å². The molecule has 0 aliphatic carbocycles. The fraction of sp³-hybridized carbons (Fsp3) is 0.190. The van der Waals surface area contributed by atoms with E-state index in [0.717, 1.165) is 34.2 Å². The van der Waals surface area contributed by atoms with Gasteiger partial charge in [0.05, 0.1) is 16.1 Å². The van der Waals surface area contributed by atoms with Crippen molar-refractivity contribution in [2.75, 3.05) is 6.26 Å². The molecule has 0 bridgehead atoms. The molecule has 1 aliphatic heterocycles. The standard InChI is InChI=1S/C21H20ClN3O3S/c1-14(10-11-29(3,27)28)24-21(26)16-8-9-20-17(12-16)13-23-25(20)15(2)18-6-4-5-7-19(18)22/h4-14H,1-3H3/p+1/b11-10+,25-15+/t14-/m1/s1. The number of carbonyl (C=O) groups excluding carboxylic acids is 1. The predicted octanol–water partition coefficient (Wildman–Crippen LogP) is 3.52. The van der Waals surface area contributed by atoms with Crippen molar-refractivity contribution in [3.8, 4) is 0 Å². The molecule has 150 valence electrons. The zero-order valence-electron chi connectivity index (χ0n) is 16.3. The van der Waals surface area contributed by atoms with Crippen LogP contribution in [0.3, 0.4) is 0 Å². The average molecular weight is 431 g/mol. The van der Waals surface area contributed by atoms with Gasteiger partial charge in [0.2, 0.25) is 11.4 Å².